The second-order valence-electron chi connectivity index (χ2n) is 4.94. The number of hydrogen-bond donors (Lipinski definition) is 2. The molecular weight excluding hydrogens is 216 g/mol. The van der Waals surface area contributed by atoms with Crippen LogP contribution in [0.1, 0.15) is 17.3 Å². The Morgan fingerprint density at radius 3 is 2.88 bits per heavy atom. The van der Waals surface area contributed by atoms with Crippen molar-refractivity contribution < 1.29 is 9.90 Å². The average molecular weight is 230 g/mol. The van der Waals surface area contributed by atoms with E-state index in [0.29, 0.717) is 18.7 Å². The lowest BCUT2D eigenvalue weighted by atomic mass is 9.96. The highest BCUT2D eigenvalue weighted by atomic mass is 16.3. The molecule has 88 valence electrons. The fourth-order valence-electron chi connectivity index (χ4n) is 2.29. The summed E-state index contributed by atoms with van der Waals surface area (Å²) in [6.07, 6.45) is 1.85. The Labute approximate surface area is 98.9 Å². The zero-order valence-corrected chi connectivity index (χ0v) is 9.60. The number of carbonyl (C=O) groups excluding carboxylic acids is 1. The van der Waals surface area contributed by atoms with E-state index in [1.165, 1.54) is 0 Å². The van der Waals surface area contributed by atoms with Crippen LogP contribution in [0.4, 0.5) is 0 Å². The summed E-state index contributed by atoms with van der Waals surface area (Å²) >= 11 is 0. The van der Waals surface area contributed by atoms with E-state index in [2.05, 4.69) is 4.98 Å². The van der Waals surface area contributed by atoms with Crippen molar-refractivity contribution in [2.24, 2.45) is 0 Å². The van der Waals surface area contributed by atoms with Crippen LogP contribution in [0.25, 0.3) is 10.9 Å². The van der Waals surface area contributed by atoms with Crippen LogP contribution in [-0.4, -0.2) is 39.6 Å². The molecule has 1 aromatic carbocycles. The number of benzene rings is 1. The maximum absolute atomic E-state index is 12.1. The SMILES string of the molecule is CC1(O)CN(C(=O)c2ccc3[nH]ccc3c2)C1. The minimum absolute atomic E-state index is 0.0142. The van der Waals surface area contributed by atoms with E-state index in [0.717, 1.165) is 10.9 Å². The normalized spacial score (nSPS) is 18.1. The minimum atomic E-state index is -0.714. The van der Waals surface area contributed by atoms with Gasteiger partial charge in [-0.25, -0.2) is 0 Å². The maximum Gasteiger partial charge on any atom is 0.254 e. The monoisotopic (exact) mass is 230 g/mol. The first kappa shape index (κ1) is 10.4. The number of H-pyrrole nitrogens is 1. The number of rotatable bonds is 1. The van der Waals surface area contributed by atoms with E-state index in [4.69, 9.17) is 0 Å². The molecule has 0 bridgehead atoms. The van der Waals surface area contributed by atoms with Gasteiger partial charge < -0.3 is 15.0 Å². The van der Waals surface area contributed by atoms with Gasteiger partial charge in [0.15, 0.2) is 0 Å². The lowest BCUT2D eigenvalue weighted by Gasteiger charge is -2.44. The van der Waals surface area contributed by atoms with Crippen molar-refractivity contribution in [2.45, 2.75) is 12.5 Å². The van der Waals surface area contributed by atoms with Gasteiger partial charge >= 0.3 is 0 Å². The van der Waals surface area contributed by atoms with E-state index in [1.54, 1.807) is 11.8 Å². The van der Waals surface area contributed by atoms with Crippen molar-refractivity contribution in [3.8, 4) is 0 Å². The third-order valence-electron chi connectivity index (χ3n) is 3.15. The summed E-state index contributed by atoms with van der Waals surface area (Å²) in [6.45, 7) is 2.57. The van der Waals surface area contributed by atoms with Crippen molar-refractivity contribution in [1.29, 1.82) is 0 Å². The highest BCUT2D eigenvalue weighted by molar-refractivity contribution is 5.98. The second kappa shape index (κ2) is 3.34. The van der Waals surface area contributed by atoms with Gasteiger partial charge in [0.2, 0.25) is 0 Å². The molecule has 1 fully saturated rings. The molecule has 0 unspecified atom stereocenters. The third-order valence-corrected chi connectivity index (χ3v) is 3.15. The molecule has 0 radical (unpaired) electrons. The lowest BCUT2D eigenvalue weighted by molar-refractivity contribution is -0.0668. The van der Waals surface area contributed by atoms with Gasteiger partial charge in [-0.3, -0.25) is 4.79 Å². The van der Waals surface area contributed by atoms with Crippen LogP contribution >= 0.6 is 0 Å². The lowest BCUT2D eigenvalue weighted by Crippen LogP contribution is -2.61. The molecule has 2 N–H and O–H groups in total. The number of hydrogen-bond acceptors (Lipinski definition) is 2. The van der Waals surface area contributed by atoms with Crippen LogP contribution in [0, 0.1) is 0 Å². The standard InChI is InChI=1S/C13H14N2O2/c1-13(17)7-15(8-13)12(16)10-2-3-11-9(6-10)4-5-14-11/h2-6,14,17H,7-8H2,1H3. The molecule has 4 heteroatoms. The van der Waals surface area contributed by atoms with Gasteiger partial charge in [0.25, 0.3) is 5.91 Å². The molecule has 1 aliphatic rings. The molecule has 2 aromatic rings. The molecular formula is C13H14N2O2. The van der Waals surface area contributed by atoms with Gasteiger partial charge in [-0.2, -0.15) is 0 Å². The minimum Gasteiger partial charge on any atom is -0.386 e. The Kier molecular flexibility index (Phi) is 2.03. The van der Waals surface area contributed by atoms with Crippen molar-refractivity contribution >= 4 is 16.8 Å². The number of β-amino-alcohol motifs (C(OH)–C–C–N with tert-alkyl or cyclic N) is 1. The summed E-state index contributed by atoms with van der Waals surface area (Å²) in [4.78, 5) is 16.8. The van der Waals surface area contributed by atoms with E-state index >= 15 is 0 Å². The van der Waals surface area contributed by atoms with Crippen LogP contribution in [0.2, 0.25) is 0 Å². The van der Waals surface area contributed by atoms with E-state index < -0.39 is 5.60 Å². The van der Waals surface area contributed by atoms with Crippen molar-refractivity contribution in [3.63, 3.8) is 0 Å². The van der Waals surface area contributed by atoms with Crippen LogP contribution < -0.4 is 0 Å². The zero-order chi connectivity index (χ0) is 12.0. The van der Waals surface area contributed by atoms with Gasteiger partial charge in [-0.05, 0) is 31.2 Å². The van der Waals surface area contributed by atoms with E-state index in [-0.39, 0.29) is 5.91 Å². The first-order valence-corrected chi connectivity index (χ1v) is 5.64. The maximum atomic E-state index is 12.1. The molecule has 17 heavy (non-hydrogen) atoms. The summed E-state index contributed by atoms with van der Waals surface area (Å²) in [5, 5.41) is 10.6. The molecule has 1 amide bonds. The molecule has 0 saturated carbocycles. The number of aliphatic hydroxyl groups is 1. The quantitative estimate of drug-likeness (QED) is 0.777. The van der Waals surface area contributed by atoms with Gasteiger partial charge in [0, 0.05) is 22.7 Å². The van der Waals surface area contributed by atoms with E-state index in [1.807, 2.05) is 30.5 Å². The zero-order valence-electron chi connectivity index (χ0n) is 9.60. The van der Waals surface area contributed by atoms with Crippen molar-refractivity contribution in [2.75, 3.05) is 13.1 Å². The topological polar surface area (TPSA) is 56.3 Å². The number of aromatic nitrogens is 1. The van der Waals surface area contributed by atoms with Gasteiger partial charge in [-0.1, -0.05) is 0 Å². The fraction of sp³-hybridized carbons (Fsp3) is 0.308. The Morgan fingerprint density at radius 2 is 2.18 bits per heavy atom. The summed E-state index contributed by atoms with van der Waals surface area (Å²) in [7, 11) is 0. The van der Waals surface area contributed by atoms with Gasteiger partial charge in [-0.15, -0.1) is 0 Å². The number of amides is 1. The summed E-state index contributed by atoms with van der Waals surface area (Å²) in [6, 6.07) is 7.54. The van der Waals surface area contributed by atoms with E-state index in [9.17, 15) is 9.90 Å². The fourth-order valence-corrected chi connectivity index (χ4v) is 2.29. The highest BCUT2D eigenvalue weighted by Crippen LogP contribution is 2.23. The van der Waals surface area contributed by atoms with Crippen molar-refractivity contribution in [3.05, 3.63) is 36.0 Å². The first-order valence-electron chi connectivity index (χ1n) is 5.64. The summed E-state index contributed by atoms with van der Waals surface area (Å²) in [5.74, 6) is -0.0142. The number of nitrogens with zero attached hydrogens (tertiary/aromatic N) is 1. The Hall–Kier alpha value is -1.81. The molecule has 0 aliphatic carbocycles. The molecule has 1 saturated heterocycles. The second-order valence-corrected chi connectivity index (χ2v) is 4.94. The summed E-state index contributed by atoms with van der Waals surface area (Å²) in [5.41, 5.74) is 0.984. The first-order chi connectivity index (χ1) is 8.05. The number of fused-ring (bicyclic) bond motifs is 1. The molecule has 1 aromatic heterocycles. The third kappa shape index (κ3) is 1.70. The Bertz CT molecular complexity index is 578. The molecule has 1 aliphatic heterocycles. The number of carbonyl (C=O) groups is 1. The Balaban J connectivity index is 1.86. The van der Waals surface area contributed by atoms with Crippen molar-refractivity contribution in [1.82, 2.24) is 9.88 Å². The molecule has 2 heterocycles. The van der Waals surface area contributed by atoms with Crippen LogP contribution in [0.3, 0.4) is 0 Å². The molecule has 0 atom stereocenters. The number of likely N-dealkylation sites (tertiary alicyclic amines) is 1. The molecule has 0 spiro atoms. The Morgan fingerprint density at radius 1 is 1.41 bits per heavy atom. The van der Waals surface area contributed by atoms with Gasteiger partial charge in [0.1, 0.15) is 0 Å². The predicted octanol–water partition coefficient (Wildman–Crippen LogP) is 1.37. The number of aromatic amines is 1. The summed E-state index contributed by atoms with van der Waals surface area (Å²) < 4.78 is 0. The van der Waals surface area contributed by atoms with Crippen LogP contribution in [-0.2, 0) is 0 Å². The highest BCUT2D eigenvalue weighted by Gasteiger charge is 2.39. The molecule has 4 nitrogen and oxygen atoms in total. The van der Waals surface area contributed by atoms with Crippen LogP contribution in [0.5, 0.6) is 0 Å². The van der Waals surface area contributed by atoms with Crippen LogP contribution in [0.15, 0.2) is 30.5 Å². The number of nitrogens with one attached hydrogen (secondary N) is 1. The predicted molar refractivity (Wildman–Crippen MR) is 64.8 cm³/mol. The average Bonchev–Trinajstić information content (AvgIpc) is 2.71. The molecule has 3 rings (SSSR count). The largest absolute Gasteiger partial charge is 0.386 e. The van der Waals surface area contributed by atoms with Gasteiger partial charge in [0.05, 0.1) is 18.7 Å². The smallest absolute Gasteiger partial charge is 0.254 e.